The van der Waals surface area contributed by atoms with Crippen LogP contribution in [0.15, 0.2) is 47.4 Å². The molecule has 8 nitrogen and oxygen atoms in total. The van der Waals surface area contributed by atoms with Crippen LogP contribution in [0.2, 0.25) is 0 Å². The molecule has 162 valence electrons. The molecule has 0 aliphatic carbocycles. The molecule has 0 bridgehead atoms. The van der Waals surface area contributed by atoms with Crippen molar-refractivity contribution in [1.82, 2.24) is 10.6 Å². The number of primary sulfonamides is 1. The summed E-state index contributed by atoms with van der Waals surface area (Å²) >= 11 is 0. The Labute approximate surface area is 176 Å². The zero-order valence-electron chi connectivity index (χ0n) is 17.3. The number of sulfonamides is 1. The van der Waals surface area contributed by atoms with Gasteiger partial charge in [0, 0.05) is 12.1 Å². The van der Waals surface area contributed by atoms with Crippen LogP contribution >= 0.6 is 0 Å². The number of aryl methyl sites for hydroxylation is 1. The molecule has 9 heteroatoms. The lowest BCUT2D eigenvalue weighted by molar-refractivity contribution is -0.139. The van der Waals surface area contributed by atoms with E-state index in [4.69, 9.17) is 9.88 Å². The van der Waals surface area contributed by atoms with E-state index in [9.17, 15) is 18.0 Å². The molecule has 2 rings (SSSR count). The fourth-order valence-electron chi connectivity index (χ4n) is 2.88. The van der Waals surface area contributed by atoms with Gasteiger partial charge in [0.15, 0.2) is 0 Å². The average molecular weight is 434 g/mol. The van der Waals surface area contributed by atoms with Gasteiger partial charge in [-0.15, -0.1) is 0 Å². The Balaban J connectivity index is 1.89. The maximum Gasteiger partial charge on any atom is 0.309 e. The number of rotatable bonds is 8. The molecule has 0 heterocycles. The van der Waals surface area contributed by atoms with E-state index in [0.717, 1.165) is 16.7 Å². The summed E-state index contributed by atoms with van der Waals surface area (Å²) in [7, 11) is -3.74. The van der Waals surface area contributed by atoms with E-state index in [-0.39, 0.29) is 11.4 Å². The number of ether oxygens (including phenoxy) is 1. The third-order valence-electron chi connectivity index (χ3n) is 4.44. The van der Waals surface area contributed by atoms with Crippen LogP contribution in [0, 0.1) is 6.92 Å². The Morgan fingerprint density at radius 2 is 1.77 bits per heavy atom. The number of carbonyl (C=O) groups excluding carboxylic acids is 2. The lowest BCUT2D eigenvalue weighted by Gasteiger charge is -2.18. The monoisotopic (exact) mass is 433 g/mol. The summed E-state index contributed by atoms with van der Waals surface area (Å²) in [4.78, 5) is 24.4. The number of hydrogen-bond acceptors (Lipinski definition) is 5. The zero-order valence-corrected chi connectivity index (χ0v) is 18.1. The molecular weight excluding hydrogens is 406 g/mol. The SMILES string of the molecule is CCOc1ccc(C)cc1C(C)NC(=O)C(=O)NCCc1ccc(S(N)(=O)=O)cc1. The van der Waals surface area contributed by atoms with E-state index in [1.165, 1.54) is 12.1 Å². The molecule has 30 heavy (non-hydrogen) atoms. The Morgan fingerprint density at radius 1 is 1.10 bits per heavy atom. The van der Waals surface area contributed by atoms with Crippen molar-refractivity contribution >= 4 is 21.8 Å². The van der Waals surface area contributed by atoms with Gasteiger partial charge < -0.3 is 15.4 Å². The molecule has 0 aromatic heterocycles. The minimum Gasteiger partial charge on any atom is -0.494 e. The molecule has 0 aliphatic rings. The molecule has 0 spiro atoms. The van der Waals surface area contributed by atoms with Crippen LogP contribution in [-0.2, 0) is 26.0 Å². The normalized spacial score (nSPS) is 12.1. The van der Waals surface area contributed by atoms with Gasteiger partial charge in [-0.1, -0.05) is 29.8 Å². The molecule has 0 saturated carbocycles. The van der Waals surface area contributed by atoms with E-state index in [1.54, 1.807) is 19.1 Å². The topological polar surface area (TPSA) is 128 Å². The summed E-state index contributed by atoms with van der Waals surface area (Å²) in [5, 5.41) is 10.3. The van der Waals surface area contributed by atoms with Crippen LogP contribution < -0.4 is 20.5 Å². The number of benzene rings is 2. The minimum atomic E-state index is -3.74. The summed E-state index contributed by atoms with van der Waals surface area (Å²) in [6.07, 6.45) is 0.436. The highest BCUT2D eigenvalue weighted by Gasteiger charge is 2.19. The molecular formula is C21H27N3O5S. The molecule has 0 fully saturated rings. The van der Waals surface area contributed by atoms with Crippen LogP contribution in [0.25, 0.3) is 0 Å². The maximum atomic E-state index is 12.2. The predicted octanol–water partition coefficient (Wildman–Crippen LogP) is 1.58. The van der Waals surface area contributed by atoms with E-state index in [1.807, 2.05) is 32.0 Å². The van der Waals surface area contributed by atoms with Crippen molar-refractivity contribution in [2.24, 2.45) is 5.14 Å². The van der Waals surface area contributed by atoms with Crippen molar-refractivity contribution in [3.05, 3.63) is 59.2 Å². The van der Waals surface area contributed by atoms with E-state index >= 15 is 0 Å². The van der Waals surface area contributed by atoms with Gasteiger partial charge in [0.05, 0.1) is 17.5 Å². The van der Waals surface area contributed by atoms with Crippen LogP contribution in [0.4, 0.5) is 0 Å². The second kappa shape index (κ2) is 10.2. The summed E-state index contributed by atoms with van der Waals surface area (Å²) < 4.78 is 28.1. The lowest BCUT2D eigenvalue weighted by atomic mass is 10.0. The van der Waals surface area contributed by atoms with Crippen molar-refractivity contribution in [1.29, 1.82) is 0 Å². The number of nitrogens with two attached hydrogens (primary N) is 1. The van der Waals surface area contributed by atoms with Crippen molar-refractivity contribution < 1.29 is 22.7 Å². The lowest BCUT2D eigenvalue weighted by Crippen LogP contribution is -2.41. The predicted molar refractivity (Wildman–Crippen MR) is 113 cm³/mol. The smallest absolute Gasteiger partial charge is 0.309 e. The van der Waals surface area contributed by atoms with E-state index < -0.39 is 27.9 Å². The molecule has 2 aromatic rings. The molecule has 4 N–H and O–H groups in total. The van der Waals surface area contributed by atoms with Gasteiger partial charge in [-0.25, -0.2) is 13.6 Å². The van der Waals surface area contributed by atoms with Crippen LogP contribution in [-0.4, -0.2) is 33.4 Å². The number of nitrogens with one attached hydrogen (secondary N) is 2. The van der Waals surface area contributed by atoms with Gasteiger partial charge in [-0.3, -0.25) is 9.59 Å². The summed E-state index contributed by atoms with van der Waals surface area (Å²) in [5.74, 6) is -0.816. The number of hydrogen-bond donors (Lipinski definition) is 3. The number of amides is 2. The first-order chi connectivity index (χ1) is 14.1. The van der Waals surface area contributed by atoms with Gasteiger partial charge >= 0.3 is 11.8 Å². The van der Waals surface area contributed by atoms with Crippen molar-refractivity contribution in [2.75, 3.05) is 13.2 Å². The Morgan fingerprint density at radius 3 is 2.37 bits per heavy atom. The highest BCUT2D eigenvalue weighted by atomic mass is 32.2. The fourth-order valence-corrected chi connectivity index (χ4v) is 3.40. The van der Waals surface area contributed by atoms with Crippen molar-refractivity contribution in [3.63, 3.8) is 0 Å². The average Bonchev–Trinajstić information content (AvgIpc) is 2.69. The molecule has 2 aromatic carbocycles. The second-order valence-electron chi connectivity index (χ2n) is 6.86. The quantitative estimate of drug-likeness (QED) is 0.545. The van der Waals surface area contributed by atoms with Gasteiger partial charge in [0.25, 0.3) is 0 Å². The van der Waals surface area contributed by atoms with Crippen LogP contribution in [0.1, 0.15) is 36.6 Å². The van der Waals surface area contributed by atoms with Gasteiger partial charge in [0.1, 0.15) is 5.75 Å². The van der Waals surface area contributed by atoms with E-state index in [2.05, 4.69) is 10.6 Å². The first-order valence-electron chi connectivity index (χ1n) is 9.55. The Hall–Kier alpha value is -2.91. The summed E-state index contributed by atoms with van der Waals surface area (Å²) in [6, 6.07) is 11.3. The largest absolute Gasteiger partial charge is 0.494 e. The van der Waals surface area contributed by atoms with Crippen molar-refractivity contribution in [3.8, 4) is 5.75 Å². The molecule has 1 unspecified atom stereocenters. The van der Waals surface area contributed by atoms with E-state index in [0.29, 0.717) is 18.8 Å². The highest BCUT2D eigenvalue weighted by molar-refractivity contribution is 7.89. The van der Waals surface area contributed by atoms with Gasteiger partial charge in [0.2, 0.25) is 10.0 Å². The highest BCUT2D eigenvalue weighted by Crippen LogP contribution is 2.26. The van der Waals surface area contributed by atoms with Crippen molar-refractivity contribution in [2.45, 2.75) is 38.1 Å². The first-order valence-corrected chi connectivity index (χ1v) is 11.1. The zero-order chi connectivity index (χ0) is 22.3. The van der Waals surface area contributed by atoms with Crippen LogP contribution in [0.5, 0.6) is 5.75 Å². The third kappa shape index (κ3) is 6.57. The third-order valence-corrected chi connectivity index (χ3v) is 5.37. The molecule has 1 atom stereocenters. The van der Waals surface area contributed by atoms with Gasteiger partial charge in [-0.2, -0.15) is 0 Å². The number of carbonyl (C=O) groups is 2. The molecule has 0 radical (unpaired) electrons. The summed E-state index contributed by atoms with van der Waals surface area (Å²) in [5.41, 5.74) is 2.62. The second-order valence-corrected chi connectivity index (χ2v) is 8.43. The first kappa shape index (κ1) is 23.4. The fraction of sp³-hybridized carbons (Fsp3) is 0.333. The Bertz CT molecular complexity index is 1000. The van der Waals surface area contributed by atoms with Crippen LogP contribution in [0.3, 0.4) is 0 Å². The standard InChI is InChI=1S/C21H27N3O5S/c1-4-29-19-10-5-14(2)13-18(19)15(3)24-21(26)20(25)23-12-11-16-6-8-17(9-7-16)30(22,27)28/h5-10,13,15H,4,11-12H2,1-3H3,(H,23,25)(H,24,26)(H2,22,27,28). The molecule has 0 aliphatic heterocycles. The minimum absolute atomic E-state index is 0.0196. The Kier molecular flexibility index (Phi) is 7.96. The molecule has 0 saturated heterocycles. The summed E-state index contributed by atoms with van der Waals surface area (Å²) in [6.45, 7) is 6.33. The maximum absolute atomic E-state index is 12.2. The van der Waals surface area contributed by atoms with Gasteiger partial charge in [-0.05, 0) is 51.0 Å². The molecule has 2 amide bonds.